The van der Waals surface area contributed by atoms with Gasteiger partial charge < -0.3 is 10.1 Å². The van der Waals surface area contributed by atoms with Gasteiger partial charge in [-0.15, -0.1) is 0 Å². The Morgan fingerprint density at radius 1 is 0.943 bits per heavy atom. The number of anilines is 1. The molecule has 1 N–H and O–H groups in total. The number of Topliss-reactive ketones (excluding diaryl/α,β-unsaturated/α-hetero) is 1. The Morgan fingerprint density at radius 3 is 2.31 bits per heavy atom. The summed E-state index contributed by atoms with van der Waals surface area (Å²) in [5, 5.41) is 2.99. The van der Waals surface area contributed by atoms with Crippen molar-refractivity contribution in [3.8, 4) is 0 Å². The Hall–Kier alpha value is -2.31. The summed E-state index contributed by atoms with van der Waals surface area (Å²) in [6.07, 6.45) is 1.84. The van der Waals surface area contributed by atoms with E-state index in [-0.39, 0.29) is 22.1 Å². The van der Waals surface area contributed by atoms with Crippen molar-refractivity contribution >= 4 is 31.5 Å². The van der Waals surface area contributed by atoms with E-state index in [1.807, 2.05) is 6.92 Å². The first kappa shape index (κ1) is 25.8. The van der Waals surface area contributed by atoms with Gasteiger partial charge in [-0.25, -0.2) is 16.8 Å². The van der Waals surface area contributed by atoms with E-state index in [9.17, 15) is 21.6 Å². The maximum Gasteiger partial charge on any atom is 0.243 e. The number of nitrogens with zero attached hydrogens (tertiary/aromatic N) is 2. The molecule has 1 atom stereocenters. The minimum absolute atomic E-state index is 0.0557. The van der Waals surface area contributed by atoms with Crippen LogP contribution in [-0.2, 0) is 24.8 Å². The minimum Gasteiger partial charge on any atom is -0.379 e. The molecule has 2 heterocycles. The van der Waals surface area contributed by atoms with Crippen molar-refractivity contribution in [2.75, 3.05) is 51.3 Å². The number of ketones is 1. The number of hydrogen-bond acceptors (Lipinski definition) is 7. The van der Waals surface area contributed by atoms with Crippen LogP contribution in [0.2, 0.25) is 0 Å². The van der Waals surface area contributed by atoms with Gasteiger partial charge in [0, 0.05) is 37.4 Å². The predicted octanol–water partition coefficient (Wildman–Crippen LogP) is 2.42. The molecule has 0 bridgehead atoms. The average Bonchev–Trinajstić information content (AvgIpc) is 2.88. The molecule has 0 aliphatic carbocycles. The summed E-state index contributed by atoms with van der Waals surface area (Å²) in [5.74, 6) is 0.0434. The number of carbonyl (C=O) groups excluding carboxylic acids is 1. The molecule has 35 heavy (non-hydrogen) atoms. The number of carbonyl (C=O) groups is 1. The van der Waals surface area contributed by atoms with Gasteiger partial charge in [0.1, 0.15) is 0 Å². The first-order valence-corrected chi connectivity index (χ1v) is 14.6. The molecule has 1 unspecified atom stereocenters. The third-order valence-corrected chi connectivity index (χ3v) is 10.1. The molecule has 2 saturated heterocycles. The Morgan fingerprint density at radius 2 is 1.63 bits per heavy atom. The molecule has 2 aliphatic rings. The number of nitrogens with one attached hydrogen (secondary N) is 1. The van der Waals surface area contributed by atoms with Crippen LogP contribution in [0.4, 0.5) is 5.69 Å². The van der Waals surface area contributed by atoms with E-state index in [0.717, 1.165) is 12.8 Å². The lowest BCUT2D eigenvalue weighted by Gasteiger charge is -2.30. The maximum absolute atomic E-state index is 13.1. The quantitative estimate of drug-likeness (QED) is 0.531. The zero-order valence-corrected chi connectivity index (χ0v) is 21.4. The van der Waals surface area contributed by atoms with Gasteiger partial charge in [-0.2, -0.15) is 8.61 Å². The van der Waals surface area contributed by atoms with E-state index in [0.29, 0.717) is 56.6 Å². The van der Waals surface area contributed by atoms with Crippen LogP contribution >= 0.6 is 0 Å². The molecule has 2 aliphatic heterocycles. The standard InChI is InChI=1S/C24H31N3O6S2/c1-19-4-3-11-27(18-19)35(31,32)23-6-2-5-20(16-23)24(28)17-25-21-7-9-22(10-8-21)34(29,30)26-12-14-33-15-13-26/h2,5-10,16,19,25H,3-4,11-15,17-18H2,1H3. The normalized spacial score (nSPS) is 20.4. The molecular weight excluding hydrogens is 490 g/mol. The van der Waals surface area contributed by atoms with Crippen molar-refractivity contribution < 1.29 is 26.4 Å². The summed E-state index contributed by atoms with van der Waals surface area (Å²) in [6.45, 7) is 4.35. The lowest BCUT2D eigenvalue weighted by molar-refractivity contribution is 0.0730. The molecule has 2 fully saturated rings. The van der Waals surface area contributed by atoms with E-state index in [1.54, 1.807) is 24.3 Å². The van der Waals surface area contributed by atoms with E-state index < -0.39 is 20.0 Å². The molecule has 0 saturated carbocycles. The Kier molecular flexibility index (Phi) is 7.92. The van der Waals surface area contributed by atoms with Gasteiger partial charge in [-0.3, -0.25) is 4.79 Å². The molecule has 4 rings (SSSR count). The minimum atomic E-state index is -3.65. The molecule has 0 radical (unpaired) electrons. The molecule has 0 amide bonds. The summed E-state index contributed by atoms with van der Waals surface area (Å²) in [6, 6.07) is 12.4. The lowest BCUT2D eigenvalue weighted by Crippen LogP contribution is -2.40. The van der Waals surface area contributed by atoms with Crippen molar-refractivity contribution in [3.63, 3.8) is 0 Å². The van der Waals surface area contributed by atoms with Crippen LogP contribution in [0.15, 0.2) is 58.3 Å². The molecule has 0 aromatic heterocycles. The summed E-state index contributed by atoms with van der Waals surface area (Å²) in [5.41, 5.74) is 0.889. The zero-order valence-electron chi connectivity index (χ0n) is 19.7. The second-order valence-electron chi connectivity index (χ2n) is 8.96. The third kappa shape index (κ3) is 5.92. The highest BCUT2D eigenvalue weighted by atomic mass is 32.2. The summed E-state index contributed by atoms with van der Waals surface area (Å²) >= 11 is 0. The Balaban J connectivity index is 1.40. The van der Waals surface area contributed by atoms with Crippen LogP contribution in [0.3, 0.4) is 0 Å². The number of sulfonamides is 2. The summed E-state index contributed by atoms with van der Waals surface area (Å²) in [4.78, 5) is 13.1. The fourth-order valence-electron chi connectivity index (χ4n) is 4.31. The molecule has 0 spiro atoms. The van der Waals surface area contributed by atoms with Crippen LogP contribution in [0, 0.1) is 5.92 Å². The van der Waals surface area contributed by atoms with Gasteiger partial charge in [0.2, 0.25) is 20.0 Å². The predicted molar refractivity (Wildman–Crippen MR) is 132 cm³/mol. The topological polar surface area (TPSA) is 113 Å². The first-order chi connectivity index (χ1) is 16.7. The molecular formula is C24H31N3O6S2. The van der Waals surface area contributed by atoms with Gasteiger partial charge in [-0.05, 0) is 55.2 Å². The van der Waals surface area contributed by atoms with Crippen molar-refractivity contribution in [1.82, 2.24) is 8.61 Å². The van der Waals surface area contributed by atoms with Gasteiger partial charge in [0.15, 0.2) is 5.78 Å². The monoisotopic (exact) mass is 521 g/mol. The van der Waals surface area contributed by atoms with Crippen molar-refractivity contribution in [2.45, 2.75) is 29.6 Å². The molecule has 11 heteroatoms. The average molecular weight is 522 g/mol. The van der Waals surface area contributed by atoms with Gasteiger partial charge in [0.05, 0.1) is 29.5 Å². The largest absolute Gasteiger partial charge is 0.379 e. The molecule has 190 valence electrons. The van der Waals surface area contributed by atoms with Crippen molar-refractivity contribution in [1.29, 1.82) is 0 Å². The Bertz CT molecular complexity index is 1260. The van der Waals surface area contributed by atoms with Crippen molar-refractivity contribution in [2.24, 2.45) is 5.92 Å². The highest BCUT2D eigenvalue weighted by molar-refractivity contribution is 7.89. The number of hydrogen-bond donors (Lipinski definition) is 1. The lowest BCUT2D eigenvalue weighted by atomic mass is 10.0. The summed E-state index contributed by atoms with van der Waals surface area (Å²) < 4.78 is 59.7. The second kappa shape index (κ2) is 10.8. The van der Waals surface area contributed by atoms with E-state index >= 15 is 0 Å². The van der Waals surface area contributed by atoms with Crippen LogP contribution in [0.1, 0.15) is 30.1 Å². The number of piperidine rings is 1. The summed E-state index contributed by atoms with van der Waals surface area (Å²) in [7, 11) is -7.24. The smallest absolute Gasteiger partial charge is 0.243 e. The highest BCUT2D eigenvalue weighted by Crippen LogP contribution is 2.24. The first-order valence-electron chi connectivity index (χ1n) is 11.7. The van der Waals surface area contributed by atoms with E-state index in [1.165, 1.54) is 32.9 Å². The molecule has 9 nitrogen and oxygen atoms in total. The van der Waals surface area contributed by atoms with Crippen LogP contribution in [-0.4, -0.2) is 77.2 Å². The zero-order chi connectivity index (χ0) is 25.1. The Labute approximate surface area is 207 Å². The van der Waals surface area contributed by atoms with Crippen LogP contribution in [0.5, 0.6) is 0 Å². The number of ether oxygens (including phenoxy) is 1. The third-order valence-electron chi connectivity index (χ3n) is 6.33. The van der Waals surface area contributed by atoms with E-state index in [2.05, 4.69) is 5.32 Å². The van der Waals surface area contributed by atoms with Crippen molar-refractivity contribution in [3.05, 3.63) is 54.1 Å². The maximum atomic E-state index is 13.1. The van der Waals surface area contributed by atoms with Crippen LogP contribution < -0.4 is 5.32 Å². The fourth-order valence-corrected chi connectivity index (χ4v) is 7.36. The van der Waals surface area contributed by atoms with Crippen LogP contribution in [0.25, 0.3) is 0 Å². The fraction of sp³-hybridized carbons (Fsp3) is 0.458. The van der Waals surface area contributed by atoms with Gasteiger partial charge in [0.25, 0.3) is 0 Å². The second-order valence-corrected chi connectivity index (χ2v) is 12.8. The van der Waals surface area contributed by atoms with Gasteiger partial charge in [-0.1, -0.05) is 19.1 Å². The number of morpholine rings is 1. The highest BCUT2D eigenvalue weighted by Gasteiger charge is 2.29. The number of benzene rings is 2. The molecule has 2 aromatic rings. The SMILES string of the molecule is CC1CCCN(S(=O)(=O)c2cccc(C(=O)CNc3ccc(S(=O)(=O)N4CCOCC4)cc3)c2)C1. The van der Waals surface area contributed by atoms with Gasteiger partial charge >= 0.3 is 0 Å². The van der Waals surface area contributed by atoms with E-state index in [4.69, 9.17) is 4.74 Å². The number of rotatable bonds is 8. The molecule has 2 aromatic carbocycles.